The predicted molar refractivity (Wildman–Crippen MR) is 82.0 cm³/mol. The second-order valence-electron chi connectivity index (χ2n) is 4.70. The molecule has 0 aromatic heterocycles. The molecule has 0 radical (unpaired) electrons. The van der Waals surface area contributed by atoms with E-state index in [1.807, 2.05) is 20.8 Å². The molecule has 1 aromatic rings. The molecule has 1 rings (SSSR count). The van der Waals surface area contributed by atoms with Crippen molar-refractivity contribution in [3.8, 4) is 11.5 Å². The Bertz CT molecular complexity index is 444. The zero-order valence-corrected chi connectivity index (χ0v) is 13.0. The highest BCUT2D eigenvalue weighted by molar-refractivity contribution is 5.95. The van der Waals surface area contributed by atoms with E-state index < -0.39 is 0 Å². The normalized spacial score (nSPS) is 11.8. The van der Waals surface area contributed by atoms with E-state index in [1.54, 1.807) is 18.2 Å². The van der Waals surface area contributed by atoms with Crippen LogP contribution < -0.4 is 14.8 Å². The average Bonchev–Trinajstić information content (AvgIpc) is 2.51. The number of ether oxygens (including phenoxy) is 2. The van der Waals surface area contributed by atoms with Crippen molar-refractivity contribution in [2.45, 2.75) is 39.7 Å². The van der Waals surface area contributed by atoms with Crippen molar-refractivity contribution in [3.63, 3.8) is 0 Å². The summed E-state index contributed by atoms with van der Waals surface area (Å²) in [6.45, 7) is 6.86. The lowest BCUT2D eigenvalue weighted by Crippen LogP contribution is -2.36. The lowest BCUT2D eigenvalue weighted by molar-refractivity contribution is 0.0914. The van der Waals surface area contributed by atoms with Crippen LogP contribution in [0.4, 0.5) is 0 Å². The Morgan fingerprint density at radius 2 is 2.00 bits per heavy atom. The number of amides is 1. The first-order valence-corrected chi connectivity index (χ1v) is 7.47. The minimum atomic E-state index is -0.232. The Kier molecular flexibility index (Phi) is 7.61. The molecule has 0 bridgehead atoms. The highest BCUT2D eigenvalue weighted by atomic mass is 16.5. The van der Waals surface area contributed by atoms with E-state index in [9.17, 15) is 4.79 Å². The molecule has 2 N–H and O–H groups in total. The van der Waals surface area contributed by atoms with Gasteiger partial charge in [-0.15, -0.1) is 0 Å². The molecule has 0 fully saturated rings. The monoisotopic (exact) mass is 295 g/mol. The molecule has 0 aliphatic rings. The minimum absolute atomic E-state index is 0.0712. The summed E-state index contributed by atoms with van der Waals surface area (Å²) in [7, 11) is 0. The van der Waals surface area contributed by atoms with E-state index in [-0.39, 0.29) is 18.6 Å². The highest BCUT2D eigenvalue weighted by Crippen LogP contribution is 2.28. The Hall–Kier alpha value is -1.75. The number of rotatable bonds is 9. The van der Waals surface area contributed by atoms with E-state index in [0.717, 1.165) is 6.42 Å². The zero-order chi connectivity index (χ0) is 15.7. The summed E-state index contributed by atoms with van der Waals surface area (Å²) in [6, 6.07) is 4.89. The topological polar surface area (TPSA) is 67.8 Å². The number of hydrogen-bond donors (Lipinski definition) is 2. The molecule has 118 valence electrons. The van der Waals surface area contributed by atoms with Crippen LogP contribution in [0.1, 0.15) is 44.0 Å². The van der Waals surface area contributed by atoms with Crippen molar-refractivity contribution >= 4 is 5.91 Å². The molecule has 1 aromatic carbocycles. The van der Waals surface area contributed by atoms with E-state index in [0.29, 0.717) is 36.7 Å². The quantitative estimate of drug-likeness (QED) is 0.734. The van der Waals surface area contributed by atoms with Crippen LogP contribution in [-0.4, -0.2) is 36.9 Å². The molecule has 0 heterocycles. The second-order valence-corrected chi connectivity index (χ2v) is 4.70. The van der Waals surface area contributed by atoms with Crippen molar-refractivity contribution in [1.82, 2.24) is 5.32 Å². The van der Waals surface area contributed by atoms with Gasteiger partial charge in [-0.2, -0.15) is 0 Å². The summed E-state index contributed by atoms with van der Waals surface area (Å²) < 4.78 is 11.1. The molecule has 0 spiro atoms. The molecule has 0 aliphatic carbocycles. The first-order valence-electron chi connectivity index (χ1n) is 7.47. The summed E-state index contributed by atoms with van der Waals surface area (Å²) in [5, 5.41) is 11.9. The molecule has 21 heavy (non-hydrogen) atoms. The van der Waals surface area contributed by atoms with Crippen molar-refractivity contribution in [2.24, 2.45) is 0 Å². The zero-order valence-electron chi connectivity index (χ0n) is 13.0. The fraction of sp³-hybridized carbons (Fsp3) is 0.562. The number of aliphatic hydroxyl groups excluding tert-OH is 1. The third-order valence-corrected chi connectivity index (χ3v) is 3.02. The fourth-order valence-corrected chi connectivity index (χ4v) is 1.79. The lowest BCUT2D eigenvalue weighted by atomic mass is 10.1. The molecule has 0 saturated carbocycles. The largest absolute Gasteiger partial charge is 0.490 e. The highest BCUT2D eigenvalue weighted by Gasteiger charge is 2.14. The van der Waals surface area contributed by atoms with Crippen LogP contribution in [0.2, 0.25) is 0 Å². The van der Waals surface area contributed by atoms with Gasteiger partial charge in [0.05, 0.1) is 25.9 Å². The SMILES string of the molecule is CCCOc1ccc(C(=O)N[C@@H](CC)CO)cc1OCC. The van der Waals surface area contributed by atoms with Gasteiger partial charge in [0, 0.05) is 5.56 Å². The number of aliphatic hydroxyl groups is 1. The Morgan fingerprint density at radius 1 is 1.24 bits per heavy atom. The number of hydrogen-bond acceptors (Lipinski definition) is 4. The van der Waals surface area contributed by atoms with Gasteiger partial charge in [-0.3, -0.25) is 4.79 Å². The first kappa shape index (κ1) is 17.3. The second kappa shape index (κ2) is 9.23. The third-order valence-electron chi connectivity index (χ3n) is 3.02. The summed E-state index contributed by atoms with van der Waals surface area (Å²) in [6.07, 6.45) is 1.58. The fourth-order valence-electron chi connectivity index (χ4n) is 1.79. The molecular weight excluding hydrogens is 270 g/mol. The van der Waals surface area contributed by atoms with Gasteiger partial charge in [0.25, 0.3) is 5.91 Å². The average molecular weight is 295 g/mol. The van der Waals surface area contributed by atoms with Gasteiger partial charge in [0.2, 0.25) is 0 Å². The Morgan fingerprint density at radius 3 is 2.57 bits per heavy atom. The molecule has 5 nitrogen and oxygen atoms in total. The van der Waals surface area contributed by atoms with E-state index in [4.69, 9.17) is 14.6 Å². The number of nitrogens with one attached hydrogen (secondary N) is 1. The first-order chi connectivity index (χ1) is 10.2. The summed E-state index contributed by atoms with van der Waals surface area (Å²) in [5.74, 6) is 0.985. The number of carbonyl (C=O) groups is 1. The summed E-state index contributed by atoms with van der Waals surface area (Å²) >= 11 is 0. The lowest BCUT2D eigenvalue weighted by Gasteiger charge is -2.16. The van der Waals surface area contributed by atoms with Crippen molar-refractivity contribution in [3.05, 3.63) is 23.8 Å². The maximum absolute atomic E-state index is 12.1. The number of benzene rings is 1. The van der Waals surface area contributed by atoms with Crippen LogP contribution in [0.15, 0.2) is 18.2 Å². The molecule has 1 atom stereocenters. The smallest absolute Gasteiger partial charge is 0.251 e. The van der Waals surface area contributed by atoms with E-state index in [2.05, 4.69) is 5.32 Å². The van der Waals surface area contributed by atoms with Crippen LogP contribution in [-0.2, 0) is 0 Å². The standard InChI is InChI=1S/C16H25NO4/c1-4-9-21-14-8-7-12(10-15(14)20-6-3)16(19)17-13(5-2)11-18/h7-8,10,13,18H,4-6,9,11H2,1-3H3,(H,17,19)/t13-/m0/s1. The van der Waals surface area contributed by atoms with Crippen LogP contribution >= 0.6 is 0 Å². The molecule has 0 aliphatic heterocycles. The van der Waals surface area contributed by atoms with Gasteiger partial charge < -0.3 is 19.9 Å². The third kappa shape index (κ3) is 5.27. The van der Waals surface area contributed by atoms with Crippen LogP contribution in [0.25, 0.3) is 0 Å². The molecule has 5 heteroatoms. The molecule has 0 unspecified atom stereocenters. The summed E-state index contributed by atoms with van der Waals surface area (Å²) in [4.78, 5) is 12.1. The molecular formula is C16H25NO4. The van der Waals surface area contributed by atoms with Gasteiger partial charge >= 0.3 is 0 Å². The Balaban J connectivity index is 2.88. The van der Waals surface area contributed by atoms with Crippen LogP contribution in [0.3, 0.4) is 0 Å². The molecule has 1 amide bonds. The Labute approximate surface area is 126 Å². The molecule has 0 saturated heterocycles. The summed E-state index contributed by atoms with van der Waals surface area (Å²) in [5.41, 5.74) is 0.495. The van der Waals surface area contributed by atoms with E-state index in [1.165, 1.54) is 0 Å². The van der Waals surface area contributed by atoms with Gasteiger partial charge in [0.15, 0.2) is 11.5 Å². The van der Waals surface area contributed by atoms with Crippen LogP contribution in [0, 0.1) is 0 Å². The van der Waals surface area contributed by atoms with Gasteiger partial charge in [-0.05, 0) is 38.0 Å². The van der Waals surface area contributed by atoms with Crippen molar-refractivity contribution in [2.75, 3.05) is 19.8 Å². The van der Waals surface area contributed by atoms with Gasteiger partial charge in [-0.1, -0.05) is 13.8 Å². The van der Waals surface area contributed by atoms with Gasteiger partial charge in [0.1, 0.15) is 0 Å². The maximum atomic E-state index is 12.1. The predicted octanol–water partition coefficient (Wildman–Crippen LogP) is 2.37. The van der Waals surface area contributed by atoms with E-state index >= 15 is 0 Å². The number of carbonyl (C=O) groups excluding carboxylic acids is 1. The van der Waals surface area contributed by atoms with Crippen molar-refractivity contribution in [1.29, 1.82) is 0 Å². The maximum Gasteiger partial charge on any atom is 0.251 e. The minimum Gasteiger partial charge on any atom is -0.490 e. The van der Waals surface area contributed by atoms with Crippen molar-refractivity contribution < 1.29 is 19.4 Å². The van der Waals surface area contributed by atoms with Gasteiger partial charge in [-0.25, -0.2) is 0 Å². The van der Waals surface area contributed by atoms with Crippen LogP contribution in [0.5, 0.6) is 11.5 Å².